The van der Waals surface area contributed by atoms with Gasteiger partial charge in [-0.2, -0.15) is 5.10 Å². The number of hydrogen-bond acceptors (Lipinski definition) is 3. The summed E-state index contributed by atoms with van der Waals surface area (Å²) in [7, 11) is 0. The Labute approximate surface area is 123 Å². The average molecular weight is 314 g/mol. The molecule has 0 saturated carbocycles. The molecule has 1 heterocycles. The number of carboxylic acids is 1. The zero-order valence-corrected chi connectivity index (χ0v) is 11.5. The van der Waals surface area contributed by atoms with Gasteiger partial charge in [0.15, 0.2) is 0 Å². The van der Waals surface area contributed by atoms with E-state index in [-0.39, 0.29) is 12.1 Å². The number of nitrogens with one attached hydrogen (secondary N) is 1. The highest BCUT2D eigenvalue weighted by molar-refractivity contribution is 6.39. The molecule has 2 rings (SSSR count). The van der Waals surface area contributed by atoms with Crippen molar-refractivity contribution in [2.24, 2.45) is 0 Å². The van der Waals surface area contributed by atoms with Gasteiger partial charge in [-0.25, -0.2) is 4.79 Å². The third-order valence-electron chi connectivity index (χ3n) is 2.41. The van der Waals surface area contributed by atoms with Gasteiger partial charge >= 0.3 is 5.97 Å². The van der Waals surface area contributed by atoms with Crippen LogP contribution in [0.3, 0.4) is 0 Å². The number of hydrogen-bond donors (Lipinski definition) is 2. The highest BCUT2D eigenvalue weighted by atomic mass is 35.5. The van der Waals surface area contributed by atoms with Crippen molar-refractivity contribution in [2.45, 2.75) is 6.54 Å². The number of anilines is 1. The fraction of sp³-hybridized carbons (Fsp3) is 0.0833. The quantitative estimate of drug-likeness (QED) is 0.908. The van der Waals surface area contributed by atoms with Crippen molar-refractivity contribution in [3.05, 3.63) is 46.2 Å². The normalized spacial score (nSPS) is 10.3. The molecule has 0 atom stereocenters. The monoisotopic (exact) mass is 313 g/mol. The molecule has 0 spiro atoms. The SMILES string of the molecule is O=C(Cn1cc(C(=O)O)cn1)Nc1c(Cl)cccc1Cl. The minimum Gasteiger partial charge on any atom is -0.478 e. The van der Waals surface area contributed by atoms with E-state index in [4.69, 9.17) is 28.3 Å². The number of aromatic nitrogens is 2. The molecule has 0 saturated heterocycles. The number of benzene rings is 1. The maximum absolute atomic E-state index is 11.8. The van der Waals surface area contributed by atoms with E-state index in [1.54, 1.807) is 18.2 Å². The van der Waals surface area contributed by atoms with E-state index >= 15 is 0 Å². The first-order chi connectivity index (χ1) is 9.47. The van der Waals surface area contributed by atoms with E-state index in [9.17, 15) is 9.59 Å². The highest BCUT2D eigenvalue weighted by Crippen LogP contribution is 2.29. The third kappa shape index (κ3) is 3.28. The Morgan fingerprint density at radius 1 is 1.30 bits per heavy atom. The standard InChI is InChI=1S/C12H9Cl2N3O3/c13-8-2-1-3-9(14)11(8)16-10(18)6-17-5-7(4-15-17)12(19)20/h1-5H,6H2,(H,16,18)(H,19,20). The van der Waals surface area contributed by atoms with Gasteiger partial charge < -0.3 is 10.4 Å². The van der Waals surface area contributed by atoms with E-state index in [0.29, 0.717) is 15.7 Å². The maximum atomic E-state index is 11.8. The number of carbonyl (C=O) groups is 2. The highest BCUT2D eigenvalue weighted by Gasteiger charge is 2.12. The smallest absolute Gasteiger partial charge is 0.338 e. The number of aromatic carboxylic acids is 1. The minimum absolute atomic E-state index is 0.00794. The Hall–Kier alpha value is -2.05. The largest absolute Gasteiger partial charge is 0.478 e. The molecular weight excluding hydrogens is 305 g/mol. The van der Waals surface area contributed by atoms with Gasteiger partial charge in [0.1, 0.15) is 6.54 Å². The first kappa shape index (κ1) is 14.4. The first-order valence-corrected chi connectivity index (χ1v) is 6.22. The van der Waals surface area contributed by atoms with E-state index < -0.39 is 11.9 Å². The summed E-state index contributed by atoms with van der Waals surface area (Å²) in [6, 6.07) is 4.85. The molecule has 0 aliphatic carbocycles. The molecule has 1 aromatic heterocycles. The van der Waals surface area contributed by atoms with Gasteiger partial charge in [-0.15, -0.1) is 0 Å². The fourth-order valence-electron chi connectivity index (χ4n) is 1.50. The summed E-state index contributed by atoms with van der Waals surface area (Å²) in [5.74, 6) is -1.52. The molecule has 1 aromatic carbocycles. The number of halogens is 2. The zero-order chi connectivity index (χ0) is 14.7. The van der Waals surface area contributed by atoms with Crippen LogP contribution in [0.15, 0.2) is 30.6 Å². The number of rotatable bonds is 4. The lowest BCUT2D eigenvalue weighted by Crippen LogP contribution is -2.19. The summed E-state index contributed by atoms with van der Waals surface area (Å²) < 4.78 is 1.21. The molecule has 2 aromatic rings. The van der Waals surface area contributed by atoms with Crippen LogP contribution in [0.1, 0.15) is 10.4 Å². The van der Waals surface area contributed by atoms with Crippen LogP contribution < -0.4 is 5.32 Å². The molecule has 0 aliphatic heterocycles. The second-order valence-electron chi connectivity index (χ2n) is 3.88. The molecule has 6 nitrogen and oxygen atoms in total. The Morgan fingerprint density at radius 2 is 1.95 bits per heavy atom. The summed E-state index contributed by atoms with van der Waals surface area (Å²) in [5, 5.41) is 15.7. The van der Waals surface area contributed by atoms with Crippen molar-refractivity contribution in [1.82, 2.24) is 9.78 Å². The average Bonchev–Trinajstić information content (AvgIpc) is 2.82. The predicted molar refractivity (Wildman–Crippen MR) is 74.3 cm³/mol. The third-order valence-corrected chi connectivity index (χ3v) is 3.04. The molecule has 8 heteroatoms. The lowest BCUT2D eigenvalue weighted by atomic mass is 10.3. The molecule has 0 bridgehead atoms. The topological polar surface area (TPSA) is 84.2 Å². The van der Waals surface area contributed by atoms with Gasteiger partial charge in [-0.05, 0) is 12.1 Å². The van der Waals surface area contributed by atoms with Crippen LogP contribution in [0.25, 0.3) is 0 Å². The molecular formula is C12H9Cl2N3O3. The van der Waals surface area contributed by atoms with Crippen LogP contribution in [-0.2, 0) is 11.3 Å². The number of nitrogens with zero attached hydrogens (tertiary/aromatic N) is 2. The molecule has 2 N–H and O–H groups in total. The number of carbonyl (C=O) groups excluding carboxylic acids is 1. The summed E-state index contributed by atoms with van der Waals surface area (Å²) in [5.41, 5.74) is 0.319. The predicted octanol–water partition coefficient (Wildman–Crippen LogP) is 2.53. The van der Waals surface area contributed by atoms with Crippen molar-refractivity contribution < 1.29 is 14.7 Å². The van der Waals surface area contributed by atoms with Crippen LogP contribution >= 0.6 is 23.2 Å². The van der Waals surface area contributed by atoms with Gasteiger partial charge in [-0.1, -0.05) is 29.3 Å². The van der Waals surface area contributed by atoms with Gasteiger partial charge in [0, 0.05) is 6.20 Å². The lowest BCUT2D eigenvalue weighted by Gasteiger charge is -2.08. The van der Waals surface area contributed by atoms with E-state index in [2.05, 4.69) is 10.4 Å². The first-order valence-electron chi connectivity index (χ1n) is 5.47. The van der Waals surface area contributed by atoms with Gasteiger partial charge in [0.2, 0.25) is 5.91 Å². The Morgan fingerprint density at radius 3 is 2.50 bits per heavy atom. The number of para-hydroxylation sites is 1. The Kier molecular flexibility index (Phi) is 4.26. The minimum atomic E-state index is -1.11. The van der Waals surface area contributed by atoms with Crippen LogP contribution in [-0.4, -0.2) is 26.8 Å². The van der Waals surface area contributed by atoms with Crippen molar-refractivity contribution >= 4 is 40.8 Å². The molecule has 0 radical (unpaired) electrons. The molecule has 0 aliphatic rings. The summed E-state index contributed by atoms with van der Waals surface area (Å²) in [6.07, 6.45) is 2.42. The van der Waals surface area contributed by atoms with E-state index in [0.717, 1.165) is 6.20 Å². The van der Waals surface area contributed by atoms with Crippen molar-refractivity contribution in [3.63, 3.8) is 0 Å². The molecule has 1 amide bonds. The van der Waals surface area contributed by atoms with Crippen LogP contribution in [0.5, 0.6) is 0 Å². The fourth-order valence-corrected chi connectivity index (χ4v) is 2.00. The summed E-state index contributed by atoms with van der Waals surface area (Å²) in [6.45, 7) is -0.144. The van der Waals surface area contributed by atoms with Crippen LogP contribution in [0.2, 0.25) is 10.0 Å². The zero-order valence-electron chi connectivity index (χ0n) is 10.0. The molecule has 0 unspecified atom stereocenters. The molecule has 20 heavy (non-hydrogen) atoms. The Bertz CT molecular complexity index is 649. The second-order valence-corrected chi connectivity index (χ2v) is 4.69. The van der Waals surface area contributed by atoms with Crippen molar-refractivity contribution in [2.75, 3.05) is 5.32 Å². The van der Waals surface area contributed by atoms with Crippen LogP contribution in [0, 0.1) is 0 Å². The maximum Gasteiger partial charge on any atom is 0.338 e. The van der Waals surface area contributed by atoms with E-state index in [1.165, 1.54) is 10.9 Å². The summed E-state index contributed by atoms with van der Waals surface area (Å²) in [4.78, 5) is 22.5. The van der Waals surface area contributed by atoms with E-state index in [1.807, 2.05) is 0 Å². The van der Waals surface area contributed by atoms with Gasteiger partial charge in [0.05, 0.1) is 27.5 Å². The number of carboxylic acid groups (broad SMARTS) is 1. The number of amides is 1. The summed E-state index contributed by atoms with van der Waals surface area (Å²) >= 11 is 11.8. The van der Waals surface area contributed by atoms with Gasteiger partial charge in [-0.3, -0.25) is 9.48 Å². The molecule has 104 valence electrons. The Balaban J connectivity index is 2.07. The second kappa shape index (κ2) is 5.94. The van der Waals surface area contributed by atoms with Crippen LogP contribution in [0.4, 0.5) is 5.69 Å². The van der Waals surface area contributed by atoms with Gasteiger partial charge in [0.25, 0.3) is 0 Å². The van der Waals surface area contributed by atoms with Crippen molar-refractivity contribution in [3.8, 4) is 0 Å². The lowest BCUT2D eigenvalue weighted by molar-refractivity contribution is -0.116. The van der Waals surface area contributed by atoms with Crippen molar-refractivity contribution in [1.29, 1.82) is 0 Å². The molecule has 0 fully saturated rings.